The summed E-state index contributed by atoms with van der Waals surface area (Å²) < 4.78 is 1.98. The molecule has 0 aliphatic rings. The predicted octanol–water partition coefficient (Wildman–Crippen LogP) is 3.37. The van der Waals surface area contributed by atoms with Crippen molar-refractivity contribution in [1.29, 1.82) is 0 Å². The Morgan fingerprint density at radius 3 is 2.76 bits per heavy atom. The molecule has 96 valence electrons. The maximum Gasteiger partial charge on any atom is 0.138 e. The number of hydrogen-bond acceptors (Lipinski definition) is 2. The summed E-state index contributed by atoms with van der Waals surface area (Å²) in [5.41, 5.74) is 0.872. The molecule has 0 spiro atoms. The van der Waals surface area contributed by atoms with Gasteiger partial charge in [0.25, 0.3) is 0 Å². The summed E-state index contributed by atoms with van der Waals surface area (Å²) >= 11 is 5.56. The number of halogens is 1. The van der Waals surface area contributed by atoms with Crippen molar-refractivity contribution in [2.24, 2.45) is 0 Å². The largest absolute Gasteiger partial charge is 0.299 e. The summed E-state index contributed by atoms with van der Waals surface area (Å²) in [7, 11) is 0. The lowest BCUT2D eigenvalue weighted by Crippen LogP contribution is -2.09. The van der Waals surface area contributed by atoms with Crippen molar-refractivity contribution >= 4 is 17.4 Å². The third kappa shape index (κ3) is 4.50. The fraction of sp³-hybridized carbons (Fsp3) is 0.692. The van der Waals surface area contributed by atoms with Gasteiger partial charge in [-0.05, 0) is 25.3 Å². The zero-order valence-corrected chi connectivity index (χ0v) is 11.4. The third-order valence-corrected chi connectivity index (χ3v) is 3.21. The number of nitrogens with zero attached hydrogens (tertiary/aromatic N) is 2. The van der Waals surface area contributed by atoms with Gasteiger partial charge >= 0.3 is 0 Å². The lowest BCUT2D eigenvalue weighted by Gasteiger charge is -2.12. The number of rotatable bonds is 8. The van der Waals surface area contributed by atoms with Gasteiger partial charge in [-0.1, -0.05) is 13.8 Å². The molecule has 0 unspecified atom stereocenters. The van der Waals surface area contributed by atoms with Gasteiger partial charge in [-0.25, -0.2) is 0 Å². The number of hydrogen-bond donors (Lipinski definition) is 0. The van der Waals surface area contributed by atoms with Crippen LogP contribution in [0.1, 0.15) is 51.3 Å². The fourth-order valence-electron chi connectivity index (χ4n) is 1.89. The minimum Gasteiger partial charge on any atom is -0.299 e. The van der Waals surface area contributed by atoms with Gasteiger partial charge in [0.15, 0.2) is 0 Å². The Bertz CT molecular complexity index is 345. The zero-order chi connectivity index (χ0) is 12.7. The highest BCUT2D eigenvalue weighted by molar-refractivity contribution is 6.17. The Hall–Kier alpha value is -0.830. The molecule has 3 nitrogen and oxygen atoms in total. The Labute approximate surface area is 108 Å². The van der Waals surface area contributed by atoms with Crippen LogP contribution in [0.2, 0.25) is 0 Å². The van der Waals surface area contributed by atoms with Gasteiger partial charge in [-0.15, -0.1) is 11.6 Å². The summed E-state index contributed by atoms with van der Waals surface area (Å²) in [6, 6.07) is 2.39. The molecule has 0 saturated carbocycles. The molecule has 0 aliphatic heterocycles. The van der Waals surface area contributed by atoms with Crippen molar-refractivity contribution < 1.29 is 4.79 Å². The summed E-state index contributed by atoms with van der Waals surface area (Å²) in [5.74, 6) is 0.772. The van der Waals surface area contributed by atoms with Crippen LogP contribution in [0.15, 0.2) is 12.3 Å². The molecule has 0 fully saturated rings. The molecule has 1 heterocycles. The van der Waals surface area contributed by atoms with Crippen molar-refractivity contribution in [1.82, 2.24) is 9.78 Å². The second-order valence-electron chi connectivity index (χ2n) is 4.27. The molecule has 0 aliphatic carbocycles. The van der Waals surface area contributed by atoms with Gasteiger partial charge in [0.1, 0.15) is 5.78 Å². The monoisotopic (exact) mass is 256 g/mol. The van der Waals surface area contributed by atoms with Crippen LogP contribution in [-0.2, 0) is 11.2 Å². The highest BCUT2D eigenvalue weighted by Crippen LogP contribution is 2.14. The number of alkyl halides is 1. The van der Waals surface area contributed by atoms with E-state index in [0.29, 0.717) is 24.8 Å². The lowest BCUT2D eigenvalue weighted by molar-refractivity contribution is -0.118. The van der Waals surface area contributed by atoms with Crippen molar-refractivity contribution in [2.75, 3.05) is 5.88 Å². The zero-order valence-electron chi connectivity index (χ0n) is 10.7. The molecular weight excluding hydrogens is 236 g/mol. The van der Waals surface area contributed by atoms with E-state index in [0.717, 1.165) is 25.0 Å². The topological polar surface area (TPSA) is 34.9 Å². The first-order valence-electron chi connectivity index (χ1n) is 6.32. The fourth-order valence-corrected chi connectivity index (χ4v) is 2.03. The van der Waals surface area contributed by atoms with Crippen molar-refractivity contribution in [3.05, 3.63) is 18.0 Å². The van der Waals surface area contributed by atoms with Crippen LogP contribution >= 0.6 is 11.6 Å². The van der Waals surface area contributed by atoms with Gasteiger partial charge in [0.2, 0.25) is 0 Å². The molecule has 1 aromatic heterocycles. The van der Waals surface area contributed by atoms with Gasteiger partial charge in [0.05, 0.1) is 18.2 Å². The average Bonchev–Trinajstić information content (AvgIpc) is 2.76. The Kier molecular flexibility index (Phi) is 6.27. The van der Waals surface area contributed by atoms with E-state index in [4.69, 9.17) is 11.6 Å². The van der Waals surface area contributed by atoms with Crippen LogP contribution in [-0.4, -0.2) is 21.4 Å². The van der Waals surface area contributed by atoms with Crippen LogP contribution in [0.5, 0.6) is 0 Å². The van der Waals surface area contributed by atoms with Gasteiger partial charge in [0, 0.05) is 18.5 Å². The first-order valence-corrected chi connectivity index (χ1v) is 6.86. The maximum absolute atomic E-state index is 11.6. The number of ketones is 1. The van der Waals surface area contributed by atoms with Crippen LogP contribution < -0.4 is 0 Å². The molecular formula is C13H21ClN2O. The molecule has 0 atom stereocenters. The Morgan fingerprint density at radius 1 is 1.47 bits per heavy atom. The second-order valence-corrected chi connectivity index (χ2v) is 4.64. The summed E-state index contributed by atoms with van der Waals surface area (Å²) in [6.07, 6.45) is 5.86. The van der Waals surface area contributed by atoms with E-state index in [1.54, 1.807) is 0 Å². The van der Waals surface area contributed by atoms with E-state index in [9.17, 15) is 4.79 Å². The number of Topliss-reactive ketones (excluding diaryl/α,β-unsaturated/α-hetero) is 1. The molecule has 0 bridgehead atoms. The van der Waals surface area contributed by atoms with Crippen LogP contribution in [0.3, 0.4) is 0 Å². The first kappa shape index (κ1) is 14.2. The van der Waals surface area contributed by atoms with Gasteiger partial charge < -0.3 is 0 Å². The van der Waals surface area contributed by atoms with E-state index >= 15 is 0 Å². The number of aromatic nitrogens is 2. The van der Waals surface area contributed by atoms with E-state index in [-0.39, 0.29) is 5.78 Å². The second kappa shape index (κ2) is 7.49. The molecule has 1 rings (SSSR count). The Morgan fingerprint density at radius 2 is 2.18 bits per heavy atom. The molecule has 0 N–H and O–H groups in total. The predicted molar refractivity (Wildman–Crippen MR) is 70.5 cm³/mol. The van der Waals surface area contributed by atoms with Crippen molar-refractivity contribution in [3.8, 4) is 0 Å². The van der Waals surface area contributed by atoms with Crippen molar-refractivity contribution in [3.63, 3.8) is 0 Å². The van der Waals surface area contributed by atoms with Crippen LogP contribution in [0.25, 0.3) is 0 Å². The maximum atomic E-state index is 11.6. The summed E-state index contributed by atoms with van der Waals surface area (Å²) in [5, 5.41) is 4.46. The van der Waals surface area contributed by atoms with Crippen LogP contribution in [0.4, 0.5) is 0 Å². The molecule has 0 saturated heterocycles. The number of carbonyl (C=O) groups is 1. The van der Waals surface area contributed by atoms with E-state index < -0.39 is 0 Å². The minimum atomic E-state index is 0.223. The van der Waals surface area contributed by atoms with Crippen molar-refractivity contribution in [2.45, 2.75) is 52.0 Å². The van der Waals surface area contributed by atoms with Gasteiger partial charge in [-0.2, -0.15) is 5.10 Å². The molecule has 17 heavy (non-hydrogen) atoms. The van der Waals surface area contributed by atoms with Crippen LogP contribution in [0, 0.1) is 0 Å². The molecule has 1 aromatic rings. The van der Waals surface area contributed by atoms with Gasteiger partial charge in [-0.3, -0.25) is 9.48 Å². The third-order valence-electron chi connectivity index (χ3n) is 2.95. The standard InChI is InChI=1S/C13H21ClN2O/c1-3-12(4-2)16-9-7-11(15-16)10-13(17)6-5-8-14/h7,9,12H,3-6,8,10H2,1-2H3. The lowest BCUT2D eigenvalue weighted by atomic mass is 10.1. The average molecular weight is 257 g/mol. The normalized spacial score (nSPS) is 11.1. The molecule has 4 heteroatoms. The SMILES string of the molecule is CCC(CC)n1ccc(CC(=O)CCCCl)n1. The summed E-state index contributed by atoms with van der Waals surface area (Å²) in [6.45, 7) is 4.31. The first-order chi connectivity index (χ1) is 8.21. The number of carbonyl (C=O) groups excluding carboxylic acids is 1. The molecule has 0 aromatic carbocycles. The molecule has 0 radical (unpaired) electrons. The summed E-state index contributed by atoms with van der Waals surface area (Å²) in [4.78, 5) is 11.6. The minimum absolute atomic E-state index is 0.223. The van der Waals surface area contributed by atoms with E-state index in [2.05, 4.69) is 18.9 Å². The Balaban J connectivity index is 2.53. The highest BCUT2D eigenvalue weighted by atomic mass is 35.5. The molecule has 0 amide bonds. The van der Waals surface area contributed by atoms with E-state index in [1.165, 1.54) is 0 Å². The highest BCUT2D eigenvalue weighted by Gasteiger charge is 2.10. The smallest absolute Gasteiger partial charge is 0.138 e. The quantitative estimate of drug-likeness (QED) is 0.669. The van der Waals surface area contributed by atoms with E-state index in [1.807, 2.05) is 16.9 Å².